The van der Waals surface area contributed by atoms with Crippen LogP contribution in [0.4, 0.5) is 0 Å². The van der Waals surface area contributed by atoms with Gasteiger partial charge >= 0.3 is 0 Å². The second-order valence-corrected chi connectivity index (χ2v) is 8.06. The summed E-state index contributed by atoms with van der Waals surface area (Å²) in [4.78, 5) is 26.7. The molecule has 0 spiro atoms. The summed E-state index contributed by atoms with van der Waals surface area (Å²) in [6.07, 6.45) is 0. The van der Waals surface area contributed by atoms with Gasteiger partial charge in [0.2, 0.25) is 5.91 Å². The zero-order chi connectivity index (χ0) is 21.7. The number of nitrogens with one attached hydrogen (secondary N) is 1. The number of carbonyl (C=O) groups is 2. The lowest BCUT2D eigenvalue weighted by Gasteiger charge is -2.28. The molecule has 3 rings (SSSR count). The maximum atomic E-state index is 13.0. The van der Waals surface area contributed by atoms with Gasteiger partial charge in [0.05, 0.1) is 4.47 Å². The van der Waals surface area contributed by atoms with Crippen LogP contribution in [0.25, 0.3) is 10.8 Å². The molecule has 0 aliphatic heterocycles. The van der Waals surface area contributed by atoms with Crippen LogP contribution in [0.15, 0.2) is 65.1 Å². The quantitative estimate of drug-likeness (QED) is 0.519. The Bertz CT molecular complexity index is 1070. The van der Waals surface area contributed by atoms with Gasteiger partial charge < -0.3 is 15.0 Å². The van der Waals surface area contributed by atoms with Crippen LogP contribution in [0.2, 0.25) is 5.02 Å². The monoisotopic (exact) mass is 488 g/mol. The number of benzene rings is 3. The van der Waals surface area contributed by atoms with Crippen LogP contribution in [-0.4, -0.2) is 36.4 Å². The third-order valence-corrected chi connectivity index (χ3v) is 5.89. The molecule has 5 nitrogen and oxygen atoms in total. The number of halogens is 2. The van der Waals surface area contributed by atoms with Gasteiger partial charge in [-0.1, -0.05) is 54.1 Å². The molecule has 0 fully saturated rings. The second-order valence-electron chi connectivity index (χ2n) is 6.83. The first-order chi connectivity index (χ1) is 14.4. The smallest absolute Gasteiger partial charge is 0.261 e. The summed E-state index contributed by atoms with van der Waals surface area (Å²) < 4.78 is 6.60. The molecule has 156 valence electrons. The van der Waals surface area contributed by atoms with Crippen LogP contribution < -0.4 is 10.1 Å². The number of nitrogens with zero attached hydrogens (tertiary/aromatic N) is 1. The van der Waals surface area contributed by atoms with Crippen molar-refractivity contribution in [3.63, 3.8) is 0 Å². The van der Waals surface area contributed by atoms with E-state index in [9.17, 15) is 9.59 Å². The predicted octanol–water partition coefficient (Wildman–Crippen LogP) is 4.80. The highest BCUT2D eigenvalue weighted by atomic mass is 79.9. The lowest BCUT2D eigenvalue weighted by atomic mass is 10.1. The third-order valence-electron chi connectivity index (χ3n) is 4.83. The van der Waals surface area contributed by atoms with E-state index in [2.05, 4.69) is 21.2 Å². The van der Waals surface area contributed by atoms with E-state index >= 15 is 0 Å². The Hall–Kier alpha value is -2.57. The Morgan fingerprint density at radius 2 is 1.90 bits per heavy atom. The molecule has 0 aromatic heterocycles. The Labute approximate surface area is 189 Å². The highest BCUT2D eigenvalue weighted by Gasteiger charge is 2.26. The predicted molar refractivity (Wildman–Crippen MR) is 123 cm³/mol. The van der Waals surface area contributed by atoms with E-state index in [1.807, 2.05) is 48.5 Å². The van der Waals surface area contributed by atoms with E-state index < -0.39 is 6.04 Å². The van der Waals surface area contributed by atoms with Gasteiger partial charge in [0.15, 0.2) is 6.61 Å². The Morgan fingerprint density at radius 3 is 2.63 bits per heavy atom. The van der Waals surface area contributed by atoms with E-state index in [1.165, 1.54) is 4.90 Å². The number of rotatable bonds is 7. The van der Waals surface area contributed by atoms with Gasteiger partial charge in [-0.2, -0.15) is 0 Å². The highest BCUT2D eigenvalue weighted by molar-refractivity contribution is 9.10. The molecule has 1 N–H and O–H groups in total. The fourth-order valence-electron chi connectivity index (χ4n) is 3.17. The Morgan fingerprint density at radius 1 is 1.13 bits per heavy atom. The molecule has 0 saturated heterocycles. The molecule has 0 bridgehead atoms. The molecule has 0 aliphatic rings. The van der Waals surface area contributed by atoms with Crippen molar-refractivity contribution in [2.75, 3.05) is 13.7 Å². The van der Waals surface area contributed by atoms with Crippen molar-refractivity contribution < 1.29 is 14.3 Å². The number of amides is 2. The largest absolute Gasteiger partial charge is 0.483 e. The van der Waals surface area contributed by atoms with Gasteiger partial charge in [0.1, 0.15) is 11.8 Å². The maximum absolute atomic E-state index is 13.0. The lowest BCUT2D eigenvalue weighted by Crippen LogP contribution is -2.48. The summed E-state index contributed by atoms with van der Waals surface area (Å²) in [7, 11) is 1.55. The number of carbonyl (C=O) groups excluding carboxylic acids is 2. The molecular formula is C23H22BrClN2O3. The van der Waals surface area contributed by atoms with Crippen molar-refractivity contribution in [1.82, 2.24) is 10.2 Å². The van der Waals surface area contributed by atoms with Gasteiger partial charge in [-0.05, 0) is 57.4 Å². The molecule has 0 radical (unpaired) electrons. The Kier molecular flexibility index (Phi) is 7.34. The van der Waals surface area contributed by atoms with Crippen molar-refractivity contribution in [2.45, 2.75) is 19.5 Å². The first-order valence-corrected chi connectivity index (χ1v) is 10.6. The van der Waals surface area contributed by atoms with Crippen molar-refractivity contribution in [1.29, 1.82) is 0 Å². The van der Waals surface area contributed by atoms with Crippen molar-refractivity contribution in [3.8, 4) is 5.75 Å². The number of fused-ring (bicyclic) bond motifs is 1. The molecule has 3 aromatic carbocycles. The molecular weight excluding hydrogens is 468 g/mol. The van der Waals surface area contributed by atoms with Crippen LogP contribution >= 0.6 is 27.5 Å². The number of likely N-dealkylation sites (N-methyl/N-ethyl adjacent to an activating group) is 1. The zero-order valence-corrected chi connectivity index (χ0v) is 19.0. The van der Waals surface area contributed by atoms with Crippen molar-refractivity contribution in [2.24, 2.45) is 0 Å². The molecule has 0 heterocycles. The summed E-state index contributed by atoms with van der Waals surface area (Å²) in [6, 6.07) is 18.2. The second kappa shape index (κ2) is 9.96. The first kappa shape index (κ1) is 22.1. The molecule has 3 aromatic rings. The highest BCUT2D eigenvalue weighted by Crippen LogP contribution is 2.33. The molecule has 7 heteroatoms. The average molecular weight is 490 g/mol. The van der Waals surface area contributed by atoms with Crippen LogP contribution in [0.1, 0.15) is 12.5 Å². The van der Waals surface area contributed by atoms with E-state index in [-0.39, 0.29) is 25.0 Å². The van der Waals surface area contributed by atoms with Crippen LogP contribution in [-0.2, 0) is 16.1 Å². The molecule has 2 amide bonds. The molecule has 0 unspecified atom stereocenters. The van der Waals surface area contributed by atoms with E-state index in [4.69, 9.17) is 16.3 Å². The van der Waals surface area contributed by atoms with Crippen LogP contribution in [0.3, 0.4) is 0 Å². The van der Waals surface area contributed by atoms with Gasteiger partial charge in [0.25, 0.3) is 5.91 Å². The molecule has 0 saturated carbocycles. The minimum absolute atomic E-state index is 0.196. The van der Waals surface area contributed by atoms with Crippen LogP contribution in [0, 0.1) is 0 Å². The average Bonchev–Trinajstić information content (AvgIpc) is 2.76. The summed E-state index contributed by atoms with van der Waals surface area (Å²) in [5, 5.41) is 5.23. The fourth-order valence-corrected chi connectivity index (χ4v) is 3.99. The summed E-state index contributed by atoms with van der Waals surface area (Å²) in [6.45, 7) is 1.74. The lowest BCUT2D eigenvalue weighted by molar-refractivity contribution is -0.142. The SMILES string of the molecule is CNC(=O)[C@@H](C)N(Cc1cccc(Cl)c1)C(=O)COc1ccc2ccccc2c1Br. The van der Waals surface area contributed by atoms with Crippen LogP contribution in [0.5, 0.6) is 5.75 Å². The maximum Gasteiger partial charge on any atom is 0.261 e. The molecule has 0 aliphatic carbocycles. The molecule has 30 heavy (non-hydrogen) atoms. The minimum atomic E-state index is -0.662. The van der Waals surface area contributed by atoms with E-state index in [0.29, 0.717) is 10.8 Å². The number of hydrogen-bond acceptors (Lipinski definition) is 3. The van der Waals surface area contributed by atoms with Crippen molar-refractivity contribution in [3.05, 3.63) is 75.7 Å². The summed E-state index contributed by atoms with van der Waals surface area (Å²) >= 11 is 9.64. The Balaban J connectivity index is 1.79. The van der Waals surface area contributed by atoms with Gasteiger partial charge in [-0.15, -0.1) is 0 Å². The number of hydrogen-bond donors (Lipinski definition) is 1. The normalized spacial score (nSPS) is 11.7. The van der Waals surface area contributed by atoms with Gasteiger partial charge in [-0.25, -0.2) is 0 Å². The van der Waals surface area contributed by atoms with E-state index in [1.54, 1.807) is 26.1 Å². The zero-order valence-electron chi connectivity index (χ0n) is 16.7. The summed E-state index contributed by atoms with van der Waals surface area (Å²) in [5.41, 5.74) is 0.832. The minimum Gasteiger partial charge on any atom is -0.483 e. The third kappa shape index (κ3) is 5.12. The molecule has 1 atom stereocenters. The van der Waals surface area contributed by atoms with Gasteiger partial charge in [-0.3, -0.25) is 9.59 Å². The summed E-state index contributed by atoms with van der Waals surface area (Å²) in [5.74, 6) is 0.0146. The number of ether oxygens (including phenoxy) is 1. The topological polar surface area (TPSA) is 58.6 Å². The first-order valence-electron chi connectivity index (χ1n) is 9.46. The van der Waals surface area contributed by atoms with Gasteiger partial charge in [0, 0.05) is 18.6 Å². The van der Waals surface area contributed by atoms with E-state index in [0.717, 1.165) is 20.8 Å². The fraction of sp³-hybridized carbons (Fsp3) is 0.217. The van der Waals surface area contributed by atoms with Crippen molar-refractivity contribution >= 4 is 50.1 Å². The standard InChI is InChI=1S/C23H22BrClN2O3/c1-15(23(29)26-2)27(13-16-6-5-8-18(25)12-16)21(28)14-30-20-11-10-17-7-3-4-9-19(17)22(20)24/h3-12,15H,13-14H2,1-2H3,(H,26,29)/t15-/m1/s1.